The molecule has 100 valence electrons. The molecule has 0 amide bonds. The fourth-order valence-electron chi connectivity index (χ4n) is 2.16. The Morgan fingerprint density at radius 1 is 1.28 bits per heavy atom. The number of halogens is 2. The average molecular weight is 315 g/mol. The van der Waals surface area contributed by atoms with Crippen molar-refractivity contribution in [1.29, 1.82) is 0 Å². The molecule has 1 aromatic rings. The zero-order chi connectivity index (χ0) is 13.5. The first-order chi connectivity index (χ1) is 8.58. The molecule has 1 nitrogen and oxygen atoms in total. The van der Waals surface area contributed by atoms with Gasteiger partial charge >= 0.3 is 0 Å². The summed E-state index contributed by atoms with van der Waals surface area (Å²) in [4.78, 5) is 12.2. The highest BCUT2D eigenvalue weighted by Gasteiger charge is 2.18. The van der Waals surface area contributed by atoms with E-state index in [1.165, 1.54) is 6.07 Å². The van der Waals surface area contributed by atoms with Crippen molar-refractivity contribution >= 4 is 21.7 Å². The zero-order valence-corrected chi connectivity index (χ0v) is 12.6. The molecule has 0 atom stereocenters. The first kappa shape index (κ1) is 15.4. The summed E-state index contributed by atoms with van der Waals surface area (Å²) in [6.07, 6.45) is 4.03. The van der Waals surface area contributed by atoms with Gasteiger partial charge in [-0.1, -0.05) is 48.7 Å². The van der Waals surface area contributed by atoms with E-state index in [2.05, 4.69) is 29.8 Å². The molecular formula is C15H20BrFO. The maximum absolute atomic E-state index is 13.7. The van der Waals surface area contributed by atoms with Crippen LogP contribution in [0.15, 0.2) is 22.7 Å². The lowest BCUT2D eigenvalue weighted by atomic mass is 9.90. The molecule has 0 aliphatic rings. The highest BCUT2D eigenvalue weighted by atomic mass is 79.9. The summed E-state index contributed by atoms with van der Waals surface area (Å²) in [6, 6.07) is 4.88. The smallest absolute Gasteiger partial charge is 0.140 e. The number of benzene rings is 1. The number of hydrogen-bond donors (Lipinski definition) is 0. The van der Waals surface area contributed by atoms with Crippen LogP contribution in [0, 0.1) is 11.7 Å². The zero-order valence-electron chi connectivity index (χ0n) is 11.0. The molecule has 3 heteroatoms. The Kier molecular flexibility index (Phi) is 6.55. The summed E-state index contributed by atoms with van der Waals surface area (Å²) in [5, 5.41) is 0. The van der Waals surface area contributed by atoms with Gasteiger partial charge in [0.1, 0.15) is 11.6 Å². The van der Waals surface area contributed by atoms with Crippen LogP contribution in [-0.2, 0) is 11.2 Å². The Morgan fingerprint density at radius 3 is 2.39 bits per heavy atom. The normalized spacial score (nSPS) is 10.9. The van der Waals surface area contributed by atoms with Gasteiger partial charge in [0.15, 0.2) is 0 Å². The quantitative estimate of drug-likeness (QED) is 0.698. The number of carbonyl (C=O) groups excluding carboxylic acids is 1. The second-order valence-electron chi connectivity index (χ2n) is 4.65. The fraction of sp³-hybridized carbons (Fsp3) is 0.533. The summed E-state index contributed by atoms with van der Waals surface area (Å²) in [6.45, 7) is 4.16. The van der Waals surface area contributed by atoms with Crippen molar-refractivity contribution in [1.82, 2.24) is 0 Å². The minimum Gasteiger partial charge on any atom is -0.299 e. The minimum absolute atomic E-state index is 0.0862. The molecule has 0 unspecified atom stereocenters. The molecule has 0 N–H and O–H groups in total. The van der Waals surface area contributed by atoms with E-state index in [1.54, 1.807) is 12.1 Å². The van der Waals surface area contributed by atoms with Gasteiger partial charge in [-0.3, -0.25) is 4.79 Å². The molecule has 1 aromatic carbocycles. The largest absolute Gasteiger partial charge is 0.299 e. The molecule has 0 saturated heterocycles. The summed E-state index contributed by atoms with van der Waals surface area (Å²) >= 11 is 3.22. The van der Waals surface area contributed by atoms with Gasteiger partial charge in [-0.05, 0) is 30.5 Å². The highest BCUT2D eigenvalue weighted by molar-refractivity contribution is 9.10. The van der Waals surface area contributed by atoms with Crippen LogP contribution < -0.4 is 0 Å². The van der Waals surface area contributed by atoms with E-state index in [0.29, 0.717) is 10.0 Å². The van der Waals surface area contributed by atoms with Crippen LogP contribution in [0.3, 0.4) is 0 Å². The van der Waals surface area contributed by atoms with Crippen LogP contribution in [0.25, 0.3) is 0 Å². The molecule has 1 rings (SSSR count). The Morgan fingerprint density at radius 2 is 1.89 bits per heavy atom. The van der Waals surface area contributed by atoms with E-state index in [-0.39, 0.29) is 23.9 Å². The van der Waals surface area contributed by atoms with E-state index in [9.17, 15) is 9.18 Å². The molecular weight excluding hydrogens is 295 g/mol. The van der Waals surface area contributed by atoms with Crippen LogP contribution in [0.5, 0.6) is 0 Å². The van der Waals surface area contributed by atoms with Gasteiger partial charge in [0.25, 0.3) is 0 Å². The van der Waals surface area contributed by atoms with Crippen molar-refractivity contribution < 1.29 is 9.18 Å². The molecule has 0 heterocycles. The van der Waals surface area contributed by atoms with Crippen LogP contribution in [0.1, 0.15) is 45.1 Å². The summed E-state index contributed by atoms with van der Waals surface area (Å²) < 4.78 is 14.4. The van der Waals surface area contributed by atoms with Crippen molar-refractivity contribution in [2.45, 2.75) is 46.0 Å². The molecule has 0 bridgehead atoms. The van der Waals surface area contributed by atoms with Gasteiger partial charge in [-0.2, -0.15) is 0 Å². The van der Waals surface area contributed by atoms with Gasteiger partial charge in [-0.15, -0.1) is 0 Å². The van der Waals surface area contributed by atoms with E-state index in [0.717, 1.165) is 25.7 Å². The predicted octanol–water partition coefficient (Wildman–Crippen LogP) is 4.92. The molecule has 0 fully saturated rings. The lowest BCUT2D eigenvalue weighted by Crippen LogP contribution is -2.17. The Bertz CT molecular complexity index is 397. The third-order valence-electron chi connectivity index (χ3n) is 3.11. The van der Waals surface area contributed by atoms with Gasteiger partial charge in [0, 0.05) is 16.8 Å². The van der Waals surface area contributed by atoms with E-state index in [4.69, 9.17) is 0 Å². The standard InChI is InChI=1S/C15H20BrFO/c1-3-5-11(6-4-2)15(18)9-12-7-8-13(16)10-14(12)17/h7-8,10-11H,3-6,9H2,1-2H3. The van der Waals surface area contributed by atoms with Gasteiger partial charge in [0.05, 0.1) is 0 Å². The maximum atomic E-state index is 13.7. The monoisotopic (exact) mass is 314 g/mol. The van der Waals surface area contributed by atoms with E-state index in [1.807, 2.05) is 0 Å². The van der Waals surface area contributed by atoms with Crippen molar-refractivity contribution in [3.05, 3.63) is 34.1 Å². The van der Waals surface area contributed by atoms with E-state index >= 15 is 0 Å². The first-order valence-corrected chi connectivity index (χ1v) is 7.34. The predicted molar refractivity (Wildman–Crippen MR) is 76.1 cm³/mol. The Labute approximate surface area is 117 Å². The summed E-state index contributed by atoms with van der Waals surface area (Å²) in [5.74, 6) is -0.0487. The molecule has 0 aliphatic heterocycles. The third-order valence-corrected chi connectivity index (χ3v) is 3.60. The fourth-order valence-corrected chi connectivity index (χ4v) is 2.49. The topological polar surface area (TPSA) is 17.1 Å². The van der Waals surface area contributed by atoms with Crippen LogP contribution in [0.4, 0.5) is 4.39 Å². The molecule has 0 saturated carbocycles. The van der Waals surface area contributed by atoms with Crippen LogP contribution in [-0.4, -0.2) is 5.78 Å². The van der Waals surface area contributed by atoms with Crippen molar-refractivity contribution in [2.75, 3.05) is 0 Å². The number of Topliss-reactive ketones (excluding diaryl/α,β-unsaturated/α-hetero) is 1. The molecule has 0 radical (unpaired) electrons. The Balaban J connectivity index is 2.72. The minimum atomic E-state index is -0.301. The number of rotatable bonds is 7. The number of ketones is 1. The molecule has 0 spiro atoms. The Hall–Kier alpha value is -0.700. The van der Waals surface area contributed by atoms with Crippen LogP contribution >= 0.6 is 15.9 Å². The summed E-state index contributed by atoms with van der Waals surface area (Å²) in [5.41, 5.74) is 0.500. The first-order valence-electron chi connectivity index (χ1n) is 6.55. The van der Waals surface area contributed by atoms with Gasteiger partial charge < -0.3 is 0 Å². The SMILES string of the molecule is CCCC(CCC)C(=O)Cc1ccc(Br)cc1F. The average Bonchev–Trinajstić information content (AvgIpc) is 2.32. The highest BCUT2D eigenvalue weighted by Crippen LogP contribution is 2.20. The van der Waals surface area contributed by atoms with Crippen molar-refractivity contribution in [3.8, 4) is 0 Å². The molecule has 0 aliphatic carbocycles. The molecule has 0 aromatic heterocycles. The number of hydrogen-bond acceptors (Lipinski definition) is 1. The van der Waals surface area contributed by atoms with Gasteiger partial charge in [0.2, 0.25) is 0 Å². The second kappa shape index (κ2) is 7.67. The maximum Gasteiger partial charge on any atom is 0.140 e. The lowest BCUT2D eigenvalue weighted by Gasteiger charge is -2.14. The summed E-state index contributed by atoms with van der Waals surface area (Å²) in [7, 11) is 0. The third kappa shape index (κ3) is 4.52. The van der Waals surface area contributed by atoms with Crippen LogP contribution in [0.2, 0.25) is 0 Å². The van der Waals surface area contributed by atoms with E-state index < -0.39 is 0 Å². The number of carbonyl (C=O) groups is 1. The van der Waals surface area contributed by atoms with Crippen molar-refractivity contribution in [2.24, 2.45) is 5.92 Å². The van der Waals surface area contributed by atoms with Crippen molar-refractivity contribution in [3.63, 3.8) is 0 Å². The second-order valence-corrected chi connectivity index (χ2v) is 5.57. The molecule has 18 heavy (non-hydrogen) atoms. The van der Waals surface area contributed by atoms with Gasteiger partial charge in [-0.25, -0.2) is 4.39 Å². The lowest BCUT2D eigenvalue weighted by molar-refractivity contribution is -0.122.